The summed E-state index contributed by atoms with van der Waals surface area (Å²) in [4.78, 5) is 0. The van der Waals surface area contributed by atoms with Gasteiger partial charge in [0.05, 0.1) is 17.7 Å². The van der Waals surface area contributed by atoms with E-state index in [0.717, 1.165) is 0 Å². The van der Waals surface area contributed by atoms with Crippen LogP contribution in [-0.2, 0) is 4.74 Å². The molecule has 0 saturated heterocycles. The quantitative estimate of drug-likeness (QED) is 0.815. The topological polar surface area (TPSA) is 47.3 Å². The number of thiocarbonyl (C=S) groups is 1. The normalized spacial score (nSPS) is 12.2. The Morgan fingerprint density at radius 3 is 2.88 bits per heavy atom. The maximum atomic E-state index is 13.3. The second-order valence-corrected chi connectivity index (χ2v) is 4.04. The molecule has 3 N–H and O–H groups in total. The summed E-state index contributed by atoms with van der Waals surface area (Å²) in [5, 5.41) is 3.03. The molecule has 0 aliphatic rings. The van der Waals surface area contributed by atoms with Crippen LogP contribution < -0.4 is 11.1 Å². The van der Waals surface area contributed by atoms with Gasteiger partial charge in [-0.2, -0.15) is 0 Å². The molecule has 0 saturated carbocycles. The Balaban J connectivity index is 2.91. The van der Waals surface area contributed by atoms with E-state index in [9.17, 15) is 4.39 Å². The fourth-order valence-corrected chi connectivity index (χ4v) is 1.55. The molecule has 1 rings (SSSR count). The third-order valence-electron chi connectivity index (χ3n) is 2.00. The van der Waals surface area contributed by atoms with Crippen LogP contribution in [0.2, 0.25) is 5.02 Å². The molecule has 0 unspecified atom stereocenters. The summed E-state index contributed by atoms with van der Waals surface area (Å²) < 4.78 is 18.2. The molecule has 6 heteroatoms. The van der Waals surface area contributed by atoms with Crippen molar-refractivity contribution in [3.8, 4) is 0 Å². The first-order chi connectivity index (χ1) is 7.54. The van der Waals surface area contributed by atoms with Crippen LogP contribution in [0.5, 0.6) is 0 Å². The highest BCUT2D eigenvalue weighted by molar-refractivity contribution is 7.80. The van der Waals surface area contributed by atoms with Crippen LogP contribution >= 0.6 is 23.8 Å². The van der Waals surface area contributed by atoms with Gasteiger partial charge in [-0.05, 0) is 29.9 Å². The SMILES string of the molecule is COC[C@H](NC(N)=S)c1ccc(Cl)c(F)c1. The first kappa shape index (κ1) is 13.2. The maximum absolute atomic E-state index is 13.3. The number of halogens is 2. The summed E-state index contributed by atoms with van der Waals surface area (Å²) in [6.45, 7) is 0.332. The summed E-state index contributed by atoms with van der Waals surface area (Å²) in [5.41, 5.74) is 6.05. The van der Waals surface area contributed by atoms with E-state index in [-0.39, 0.29) is 16.2 Å². The molecule has 0 amide bonds. The van der Waals surface area contributed by atoms with E-state index >= 15 is 0 Å². The number of rotatable bonds is 4. The molecule has 1 atom stereocenters. The zero-order chi connectivity index (χ0) is 12.1. The Bertz CT molecular complexity index is 389. The molecular formula is C10H12ClFN2OS. The van der Waals surface area contributed by atoms with Crippen LogP contribution in [0.3, 0.4) is 0 Å². The molecule has 0 radical (unpaired) electrons. The van der Waals surface area contributed by atoms with Gasteiger partial charge in [0.2, 0.25) is 0 Å². The number of methoxy groups -OCH3 is 1. The Morgan fingerprint density at radius 1 is 1.69 bits per heavy atom. The Morgan fingerprint density at radius 2 is 2.38 bits per heavy atom. The molecular weight excluding hydrogens is 251 g/mol. The Hall–Kier alpha value is -0.910. The fourth-order valence-electron chi connectivity index (χ4n) is 1.29. The number of hydrogen-bond acceptors (Lipinski definition) is 2. The largest absolute Gasteiger partial charge is 0.382 e. The van der Waals surface area contributed by atoms with E-state index in [1.807, 2.05) is 0 Å². The highest BCUT2D eigenvalue weighted by Gasteiger charge is 2.13. The minimum atomic E-state index is -0.481. The first-order valence-corrected chi connectivity index (χ1v) is 5.33. The second kappa shape index (κ2) is 5.98. The molecule has 16 heavy (non-hydrogen) atoms. The van der Waals surface area contributed by atoms with E-state index in [1.54, 1.807) is 13.2 Å². The summed E-state index contributed by atoms with van der Waals surface area (Å²) in [5.74, 6) is -0.481. The smallest absolute Gasteiger partial charge is 0.164 e. The average molecular weight is 263 g/mol. The molecule has 0 aromatic heterocycles. The molecule has 0 bridgehead atoms. The van der Waals surface area contributed by atoms with Crippen molar-refractivity contribution in [3.63, 3.8) is 0 Å². The van der Waals surface area contributed by atoms with Crippen molar-refractivity contribution in [2.45, 2.75) is 6.04 Å². The third kappa shape index (κ3) is 3.59. The van der Waals surface area contributed by atoms with Gasteiger partial charge in [0, 0.05) is 7.11 Å². The molecule has 1 aromatic carbocycles. The summed E-state index contributed by atoms with van der Waals surface area (Å²) >= 11 is 10.3. The number of benzene rings is 1. The predicted molar refractivity (Wildman–Crippen MR) is 65.9 cm³/mol. The van der Waals surface area contributed by atoms with Gasteiger partial charge in [0.1, 0.15) is 5.82 Å². The van der Waals surface area contributed by atoms with Crippen LogP contribution in [0, 0.1) is 5.82 Å². The number of nitrogens with two attached hydrogens (primary N) is 1. The second-order valence-electron chi connectivity index (χ2n) is 3.19. The molecule has 1 aromatic rings. The van der Waals surface area contributed by atoms with Crippen LogP contribution in [0.1, 0.15) is 11.6 Å². The maximum Gasteiger partial charge on any atom is 0.164 e. The number of nitrogens with one attached hydrogen (secondary N) is 1. The molecule has 0 spiro atoms. The zero-order valence-electron chi connectivity index (χ0n) is 8.67. The Labute approximate surface area is 104 Å². The molecule has 0 aliphatic carbocycles. The lowest BCUT2D eigenvalue weighted by molar-refractivity contribution is 0.174. The van der Waals surface area contributed by atoms with Gasteiger partial charge in [0.15, 0.2) is 5.11 Å². The van der Waals surface area contributed by atoms with Crippen molar-refractivity contribution >= 4 is 28.9 Å². The van der Waals surface area contributed by atoms with Gasteiger partial charge in [-0.1, -0.05) is 17.7 Å². The van der Waals surface area contributed by atoms with Crippen molar-refractivity contribution in [2.75, 3.05) is 13.7 Å². The van der Waals surface area contributed by atoms with Crippen molar-refractivity contribution in [1.29, 1.82) is 0 Å². The number of hydrogen-bond donors (Lipinski definition) is 2. The van der Waals surface area contributed by atoms with E-state index in [1.165, 1.54) is 12.1 Å². The molecule has 0 fully saturated rings. The minimum absolute atomic E-state index is 0.0789. The Kier molecular flexibility index (Phi) is 4.92. The lowest BCUT2D eigenvalue weighted by Crippen LogP contribution is -2.35. The van der Waals surface area contributed by atoms with Crippen molar-refractivity contribution in [1.82, 2.24) is 5.32 Å². The molecule has 88 valence electrons. The van der Waals surface area contributed by atoms with E-state index < -0.39 is 5.82 Å². The predicted octanol–water partition coefficient (Wildman–Crippen LogP) is 2.00. The molecule has 0 heterocycles. The minimum Gasteiger partial charge on any atom is -0.382 e. The van der Waals surface area contributed by atoms with Crippen molar-refractivity contribution in [2.24, 2.45) is 5.73 Å². The van der Waals surface area contributed by atoms with Crippen LogP contribution in [0.4, 0.5) is 4.39 Å². The van der Waals surface area contributed by atoms with Crippen LogP contribution in [-0.4, -0.2) is 18.8 Å². The highest BCUT2D eigenvalue weighted by Crippen LogP contribution is 2.20. The van der Waals surface area contributed by atoms with Gasteiger partial charge < -0.3 is 15.8 Å². The van der Waals surface area contributed by atoms with Crippen LogP contribution in [0.15, 0.2) is 18.2 Å². The summed E-state index contributed by atoms with van der Waals surface area (Å²) in [6, 6.07) is 4.22. The van der Waals surface area contributed by atoms with E-state index in [0.29, 0.717) is 12.2 Å². The lowest BCUT2D eigenvalue weighted by Gasteiger charge is -2.18. The van der Waals surface area contributed by atoms with Gasteiger partial charge in [-0.3, -0.25) is 0 Å². The zero-order valence-corrected chi connectivity index (χ0v) is 10.2. The van der Waals surface area contributed by atoms with Crippen molar-refractivity contribution in [3.05, 3.63) is 34.6 Å². The highest BCUT2D eigenvalue weighted by atomic mass is 35.5. The fraction of sp³-hybridized carbons (Fsp3) is 0.300. The third-order valence-corrected chi connectivity index (χ3v) is 2.42. The first-order valence-electron chi connectivity index (χ1n) is 4.54. The van der Waals surface area contributed by atoms with E-state index in [4.69, 9.17) is 34.3 Å². The molecule has 3 nitrogen and oxygen atoms in total. The standard InChI is InChI=1S/C10H12ClFN2OS/c1-15-5-9(14-10(13)16)6-2-3-7(11)8(12)4-6/h2-4,9H,5H2,1H3,(H3,13,14,16)/t9-/m0/s1. The van der Waals surface area contributed by atoms with Gasteiger partial charge in [-0.15, -0.1) is 0 Å². The van der Waals surface area contributed by atoms with Gasteiger partial charge in [-0.25, -0.2) is 4.39 Å². The summed E-state index contributed by atoms with van der Waals surface area (Å²) in [6.07, 6.45) is 0. The van der Waals surface area contributed by atoms with Crippen molar-refractivity contribution < 1.29 is 9.13 Å². The molecule has 0 aliphatic heterocycles. The van der Waals surface area contributed by atoms with Crippen LogP contribution in [0.25, 0.3) is 0 Å². The van der Waals surface area contributed by atoms with Gasteiger partial charge >= 0.3 is 0 Å². The number of ether oxygens (including phenoxy) is 1. The average Bonchev–Trinajstić information content (AvgIpc) is 2.21. The van der Waals surface area contributed by atoms with Gasteiger partial charge in [0.25, 0.3) is 0 Å². The lowest BCUT2D eigenvalue weighted by atomic mass is 10.1. The monoisotopic (exact) mass is 262 g/mol. The van der Waals surface area contributed by atoms with E-state index in [2.05, 4.69) is 5.32 Å². The summed E-state index contributed by atoms with van der Waals surface area (Å²) in [7, 11) is 1.54.